The SMILES string of the molecule is CC(C)(C)C(N)CC(=O)NCCc1ccc([N+](=O)[O-])cc1. The van der Waals surface area contributed by atoms with Gasteiger partial charge in [-0.25, -0.2) is 0 Å². The molecular formula is C15H23N3O3. The average molecular weight is 293 g/mol. The van der Waals surface area contributed by atoms with Gasteiger partial charge >= 0.3 is 0 Å². The minimum atomic E-state index is -0.431. The van der Waals surface area contributed by atoms with Gasteiger partial charge in [0.05, 0.1) is 4.92 Å². The second-order valence-corrected chi connectivity index (χ2v) is 6.20. The van der Waals surface area contributed by atoms with Crippen molar-refractivity contribution in [2.75, 3.05) is 6.54 Å². The van der Waals surface area contributed by atoms with E-state index in [-0.39, 0.29) is 23.1 Å². The van der Waals surface area contributed by atoms with Crippen molar-refractivity contribution in [3.8, 4) is 0 Å². The van der Waals surface area contributed by atoms with E-state index < -0.39 is 4.92 Å². The predicted molar refractivity (Wildman–Crippen MR) is 81.9 cm³/mol. The molecule has 0 heterocycles. The van der Waals surface area contributed by atoms with Gasteiger partial charge in [-0.05, 0) is 17.4 Å². The Labute approximate surface area is 124 Å². The van der Waals surface area contributed by atoms with Crippen LogP contribution in [-0.4, -0.2) is 23.4 Å². The van der Waals surface area contributed by atoms with Crippen LogP contribution in [0.1, 0.15) is 32.8 Å². The maximum absolute atomic E-state index is 11.8. The summed E-state index contributed by atoms with van der Waals surface area (Å²) >= 11 is 0. The maximum Gasteiger partial charge on any atom is 0.269 e. The summed E-state index contributed by atoms with van der Waals surface area (Å²) in [6.45, 7) is 6.50. The molecule has 1 atom stereocenters. The lowest BCUT2D eigenvalue weighted by atomic mass is 9.85. The van der Waals surface area contributed by atoms with E-state index in [4.69, 9.17) is 5.73 Å². The van der Waals surface area contributed by atoms with Gasteiger partial charge in [-0.3, -0.25) is 14.9 Å². The normalized spacial score (nSPS) is 12.8. The number of hydrogen-bond donors (Lipinski definition) is 2. The van der Waals surface area contributed by atoms with E-state index in [1.54, 1.807) is 12.1 Å². The third kappa shape index (κ3) is 5.91. The predicted octanol–water partition coefficient (Wildman–Crippen LogP) is 2.02. The van der Waals surface area contributed by atoms with Crippen molar-refractivity contribution in [3.05, 3.63) is 39.9 Å². The Morgan fingerprint density at radius 3 is 2.38 bits per heavy atom. The van der Waals surface area contributed by atoms with E-state index in [1.807, 2.05) is 20.8 Å². The van der Waals surface area contributed by atoms with E-state index in [1.165, 1.54) is 12.1 Å². The van der Waals surface area contributed by atoms with Gasteiger partial charge in [0, 0.05) is 31.1 Å². The van der Waals surface area contributed by atoms with Gasteiger partial charge in [0.1, 0.15) is 0 Å². The van der Waals surface area contributed by atoms with Crippen molar-refractivity contribution in [2.45, 2.75) is 39.7 Å². The van der Waals surface area contributed by atoms with Gasteiger partial charge in [-0.15, -0.1) is 0 Å². The molecule has 0 aliphatic heterocycles. The molecule has 0 aromatic heterocycles. The fraction of sp³-hybridized carbons (Fsp3) is 0.533. The first-order valence-electron chi connectivity index (χ1n) is 6.96. The van der Waals surface area contributed by atoms with Crippen molar-refractivity contribution in [2.24, 2.45) is 11.1 Å². The molecular weight excluding hydrogens is 270 g/mol. The van der Waals surface area contributed by atoms with Crippen molar-refractivity contribution in [3.63, 3.8) is 0 Å². The number of rotatable bonds is 6. The van der Waals surface area contributed by atoms with E-state index in [0.717, 1.165) is 5.56 Å². The van der Waals surface area contributed by atoms with Gasteiger partial charge in [0.15, 0.2) is 0 Å². The molecule has 0 aliphatic carbocycles. The number of hydrogen-bond acceptors (Lipinski definition) is 4. The molecule has 1 rings (SSSR count). The van der Waals surface area contributed by atoms with Crippen LogP contribution < -0.4 is 11.1 Å². The van der Waals surface area contributed by atoms with E-state index in [2.05, 4.69) is 5.32 Å². The Hall–Kier alpha value is -1.95. The second kappa shape index (κ2) is 7.17. The topological polar surface area (TPSA) is 98.3 Å². The molecule has 0 fully saturated rings. The molecule has 0 radical (unpaired) electrons. The second-order valence-electron chi connectivity index (χ2n) is 6.20. The molecule has 6 heteroatoms. The quantitative estimate of drug-likeness (QED) is 0.619. The zero-order chi connectivity index (χ0) is 16.0. The smallest absolute Gasteiger partial charge is 0.269 e. The number of benzene rings is 1. The molecule has 1 aromatic carbocycles. The molecule has 0 aliphatic rings. The summed E-state index contributed by atoms with van der Waals surface area (Å²) in [5.41, 5.74) is 6.87. The van der Waals surface area contributed by atoms with Crippen molar-refractivity contribution < 1.29 is 9.72 Å². The lowest BCUT2D eigenvalue weighted by Crippen LogP contribution is -2.40. The van der Waals surface area contributed by atoms with Gasteiger partial charge in [0.25, 0.3) is 5.69 Å². The average Bonchev–Trinajstić information content (AvgIpc) is 2.38. The monoisotopic (exact) mass is 293 g/mol. The molecule has 0 saturated carbocycles. The largest absolute Gasteiger partial charge is 0.356 e. The number of nitrogens with one attached hydrogen (secondary N) is 1. The Bertz CT molecular complexity index is 492. The van der Waals surface area contributed by atoms with Gasteiger partial charge in [0.2, 0.25) is 5.91 Å². The highest BCUT2D eigenvalue weighted by Crippen LogP contribution is 2.19. The number of carbonyl (C=O) groups is 1. The summed E-state index contributed by atoms with van der Waals surface area (Å²) in [5, 5.41) is 13.4. The third-order valence-electron chi connectivity index (χ3n) is 3.40. The first kappa shape index (κ1) is 17.1. The summed E-state index contributed by atoms with van der Waals surface area (Å²) in [5.74, 6) is -0.0701. The summed E-state index contributed by atoms with van der Waals surface area (Å²) < 4.78 is 0. The van der Waals surface area contributed by atoms with Crippen LogP contribution in [0.3, 0.4) is 0 Å². The zero-order valence-electron chi connectivity index (χ0n) is 12.8. The molecule has 1 aromatic rings. The van der Waals surface area contributed by atoms with Crippen LogP contribution in [-0.2, 0) is 11.2 Å². The number of nitro benzene ring substituents is 1. The van der Waals surface area contributed by atoms with E-state index >= 15 is 0 Å². The number of nitro groups is 1. The minimum Gasteiger partial charge on any atom is -0.356 e. The summed E-state index contributed by atoms with van der Waals surface area (Å²) in [4.78, 5) is 21.9. The molecule has 116 valence electrons. The highest BCUT2D eigenvalue weighted by molar-refractivity contribution is 5.76. The zero-order valence-corrected chi connectivity index (χ0v) is 12.8. The lowest BCUT2D eigenvalue weighted by Gasteiger charge is -2.26. The van der Waals surface area contributed by atoms with Crippen LogP contribution in [0.15, 0.2) is 24.3 Å². The summed E-state index contributed by atoms with van der Waals surface area (Å²) in [6.07, 6.45) is 0.929. The van der Waals surface area contributed by atoms with Crippen molar-refractivity contribution in [1.82, 2.24) is 5.32 Å². The van der Waals surface area contributed by atoms with Crippen LogP contribution in [0.25, 0.3) is 0 Å². The lowest BCUT2D eigenvalue weighted by molar-refractivity contribution is -0.384. The Balaban J connectivity index is 2.36. The van der Waals surface area contributed by atoms with Gasteiger partial charge in [-0.2, -0.15) is 0 Å². The number of nitrogens with zero attached hydrogens (tertiary/aromatic N) is 1. The number of non-ortho nitro benzene ring substituents is 1. The van der Waals surface area contributed by atoms with Crippen LogP contribution in [0.5, 0.6) is 0 Å². The standard InChI is InChI=1S/C15H23N3O3/c1-15(2,3)13(16)10-14(19)17-9-8-11-4-6-12(7-5-11)18(20)21/h4-7,13H,8-10,16H2,1-3H3,(H,17,19). The molecule has 0 bridgehead atoms. The molecule has 0 saturated heterocycles. The Kier molecular flexibility index (Phi) is 5.84. The summed E-state index contributed by atoms with van der Waals surface area (Å²) in [6, 6.07) is 6.15. The molecule has 21 heavy (non-hydrogen) atoms. The van der Waals surface area contributed by atoms with Crippen LogP contribution in [0.2, 0.25) is 0 Å². The fourth-order valence-electron chi connectivity index (χ4n) is 1.71. The highest BCUT2D eigenvalue weighted by Gasteiger charge is 2.22. The Morgan fingerprint density at radius 1 is 1.33 bits per heavy atom. The molecule has 1 unspecified atom stereocenters. The van der Waals surface area contributed by atoms with Crippen molar-refractivity contribution >= 4 is 11.6 Å². The van der Waals surface area contributed by atoms with Crippen LogP contribution in [0.4, 0.5) is 5.69 Å². The fourth-order valence-corrected chi connectivity index (χ4v) is 1.71. The maximum atomic E-state index is 11.8. The summed E-state index contributed by atoms with van der Waals surface area (Å²) in [7, 11) is 0. The number of amides is 1. The first-order chi connectivity index (χ1) is 9.70. The minimum absolute atomic E-state index is 0.0685. The molecule has 0 spiro atoms. The third-order valence-corrected chi connectivity index (χ3v) is 3.40. The highest BCUT2D eigenvalue weighted by atomic mass is 16.6. The van der Waals surface area contributed by atoms with Crippen LogP contribution in [0, 0.1) is 15.5 Å². The molecule has 6 nitrogen and oxygen atoms in total. The first-order valence-corrected chi connectivity index (χ1v) is 6.96. The Morgan fingerprint density at radius 2 is 1.90 bits per heavy atom. The number of carbonyl (C=O) groups excluding carboxylic acids is 1. The van der Waals surface area contributed by atoms with E-state index in [0.29, 0.717) is 19.4 Å². The molecule has 1 amide bonds. The molecule has 3 N–H and O–H groups in total. The van der Waals surface area contributed by atoms with Crippen molar-refractivity contribution in [1.29, 1.82) is 0 Å². The van der Waals surface area contributed by atoms with Gasteiger partial charge in [-0.1, -0.05) is 32.9 Å². The van der Waals surface area contributed by atoms with E-state index in [9.17, 15) is 14.9 Å². The van der Waals surface area contributed by atoms with Crippen LogP contribution >= 0.6 is 0 Å². The van der Waals surface area contributed by atoms with Gasteiger partial charge < -0.3 is 11.1 Å². The number of nitrogens with two attached hydrogens (primary N) is 1.